The first-order chi connectivity index (χ1) is 11.3. The van der Waals surface area contributed by atoms with E-state index in [1.807, 2.05) is 6.07 Å². The van der Waals surface area contributed by atoms with Gasteiger partial charge in [-0.15, -0.1) is 0 Å². The standard InChI is InChI=1S/C18H26N4O2/c1-13-6-5-7-14(10-13)18(2,3)12-19-17(24)21-15(11-23)16-8-9-20-22(16)4/h5-10,15,23H,11-12H2,1-4H3,(H2,19,21,24). The molecule has 0 aliphatic carbocycles. The van der Waals surface area contributed by atoms with Crippen molar-refractivity contribution in [2.75, 3.05) is 13.2 Å². The van der Waals surface area contributed by atoms with Crippen molar-refractivity contribution in [3.63, 3.8) is 0 Å². The second-order valence-corrected chi connectivity index (χ2v) is 6.70. The number of aliphatic hydroxyl groups excluding tert-OH is 1. The molecule has 0 saturated carbocycles. The van der Waals surface area contributed by atoms with Crippen molar-refractivity contribution < 1.29 is 9.90 Å². The topological polar surface area (TPSA) is 79.2 Å². The van der Waals surface area contributed by atoms with Crippen LogP contribution in [-0.2, 0) is 12.5 Å². The normalized spacial score (nSPS) is 12.7. The van der Waals surface area contributed by atoms with E-state index in [1.54, 1.807) is 24.0 Å². The largest absolute Gasteiger partial charge is 0.394 e. The lowest BCUT2D eigenvalue weighted by Gasteiger charge is -2.27. The summed E-state index contributed by atoms with van der Waals surface area (Å²) in [5.41, 5.74) is 2.94. The Labute approximate surface area is 142 Å². The highest BCUT2D eigenvalue weighted by Crippen LogP contribution is 2.23. The van der Waals surface area contributed by atoms with Gasteiger partial charge in [0.05, 0.1) is 18.3 Å². The number of aliphatic hydroxyl groups is 1. The Balaban J connectivity index is 1.96. The first-order valence-corrected chi connectivity index (χ1v) is 8.04. The van der Waals surface area contributed by atoms with E-state index < -0.39 is 6.04 Å². The average molecular weight is 330 g/mol. The molecular weight excluding hydrogens is 304 g/mol. The summed E-state index contributed by atoms with van der Waals surface area (Å²) in [4.78, 5) is 12.2. The third-order valence-corrected chi connectivity index (χ3v) is 4.19. The van der Waals surface area contributed by atoms with Crippen LogP contribution in [0.25, 0.3) is 0 Å². The Morgan fingerprint density at radius 3 is 2.71 bits per heavy atom. The van der Waals surface area contributed by atoms with Crippen LogP contribution >= 0.6 is 0 Å². The van der Waals surface area contributed by atoms with E-state index in [0.717, 1.165) is 5.69 Å². The Hall–Kier alpha value is -2.34. The summed E-state index contributed by atoms with van der Waals surface area (Å²) < 4.78 is 1.64. The van der Waals surface area contributed by atoms with Gasteiger partial charge < -0.3 is 15.7 Å². The molecule has 1 heterocycles. The number of aryl methyl sites for hydroxylation is 2. The van der Waals surface area contributed by atoms with Crippen LogP contribution in [0.5, 0.6) is 0 Å². The summed E-state index contributed by atoms with van der Waals surface area (Å²) >= 11 is 0. The number of urea groups is 1. The van der Waals surface area contributed by atoms with Gasteiger partial charge in [0.2, 0.25) is 0 Å². The van der Waals surface area contributed by atoms with Crippen LogP contribution in [0.3, 0.4) is 0 Å². The maximum atomic E-state index is 12.2. The van der Waals surface area contributed by atoms with Crippen molar-refractivity contribution in [2.24, 2.45) is 7.05 Å². The summed E-state index contributed by atoms with van der Waals surface area (Å²) in [6.45, 7) is 6.54. The number of hydrogen-bond acceptors (Lipinski definition) is 3. The zero-order valence-electron chi connectivity index (χ0n) is 14.7. The van der Waals surface area contributed by atoms with Gasteiger partial charge >= 0.3 is 6.03 Å². The first kappa shape index (κ1) is 18.0. The molecule has 1 atom stereocenters. The van der Waals surface area contributed by atoms with Crippen molar-refractivity contribution in [3.8, 4) is 0 Å². The smallest absolute Gasteiger partial charge is 0.315 e. The summed E-state index contributed by atoms with van der Waals surface area (Å²) in [6.07, 6.45) is 1.64. The first-order valence-electron chi connectivity index (χ1n) is 8.04. The molecule has 2 amide bonds. The Morgan fingerprint density at radius 1 is 1.38 bits per heavy atom. The highest BCUT2D eigenvalue weighted by Gasteiger charge is 2.23. The summed E-state index contributed by atoms with van der Waals surface area (Å²) in [7, 11) is 1.78. The van der Waals surface area contributed by atoms with Crippen LogP contribution in [0, 0.1) is 6.92 Å². The fraction of sp³-hybridized carbons (Fsp3) is 0.444. The zero-order valence-corrected chi connectivity index (χ0v) is 14.7. The minimum atomic E-state index is -0.486. The third-order valence-electron chi connectivity index (χ3n) is 4.19. The molecule has 3 N–H and O–H groups in total. The second-order valence-electron chi connectivity index (χ2n) is 6.70. The number of hydrogen-bond donors (Lipinski definition) is 3. The minimum absolute atomic E-state index is 0.186. The van der Waals surface area contributed by atoms with Crippen molar-refractivity contribution in [2.45, 2.75) is 32.2 Å². The van der Waals surface area contributed by atoms with E-state index >= 15 is 0 Å². The average Bonchev–Trinajstić information content (AvgIpc) is 2.97. The zero-order chi connectivity index (χ0) is 17.7. The van der Waals surface area contributed by atoms with E-state index in [2.05, 4.69) is 54.7 Å². The van der Waals surface area contributed by atoms with Crippen LogP contribution < -0.4 is 10.6 Å². The fourth-order valence-corrected chi connectivity index (χ4v) is 2.62. The Kier molecular flexibility index (Phi) is 5.62. The van der Waals surface area contributed by atoms with E-state index in [9.17, 15) is 9.90 Å². The lowest BCUT2D eigenvalue weighted by Crippen LogP contribution is -2.44. The maximum absolute atomic E-state index is 12.2. The van der Waals surface area contributed by atoms with Gasteiger partial charge in [0.15, 0.2) is 0 Å². The number of amides is 2. The van der Waals surface area contributed by atoms with Crippen LogP contribution in [0.1, 0.15) is 36.7 Å². The molecule has 0 bridgehead atoms. The fourth-order valence-electron chi connectivity index (χ4n) is 2.62. The van der Waals surface area contributed by atoms with Gasteiger partial charge in [0.25, 0.3) is 0 Å². The van der Waals surface area contributed by atoms with Gasteiger partial charge in [-0.05, 0) is 18.6 Å². The molecule has 1 aromatic heterocycles. The minimum Gasteiger partial charge on any atom is -0.394 e. The number of carbonyl (C=O) groups excluding carboxylic acids is 1. The summed E-state index contributed by atoms with van der Waals surface area (Å²) in [5, 5.41) is 19.3. The van der Waals surface area contributed by atoms with E-state index in [4.69, 9.17) is 0 Å². The second kappa shape index (κ2) is 7.49. The quantitative estimate of drug-likeness (QED) is 0.758. The molecule has 24 heavy (non-hydrogen) atoms. The number of aromatic nitrogens is 2. The molecule has 130 valence electrons. The number of nitrogens with one attached hydrogen (secondary N) is 2. The molecule has 0 aliphatic rings. The summed E-state index contributed by atoms with van der Waals surface area (Å²) in [5.74, 6) is 0. The van der Waals surface area contributed by atoms with Crippen LogP contribution in [0.2, 0.25) is 0 Å². The van der Waals surface area contributed by atoms with Gasteiger partial charge in [0.1, 0.15) is 0 Å². The molecule has 0 spiro atoms. The molecule has 0 saturated heterocycles. The number of rotatable bonds is 6. The number of benzene rings is 1. The van der Waals surface area contributed by atoms with Gasteiger partial charge in [-0.1, -0.05) is 43.7 Å². The molecular formula is C18H26N4O2. The maximum Gasteiger partial charge on any atom is 0.315 e. The van der Waals surface area contributed by atoms with Gasteiger partial charge in [-0.2, -0.15) is 5.10 Å². The highest BCUT2D eigenvalue weighted by atomic mass is 16.3. The Bertz CT molecular complexity index is 694. The van der Waals surface area contributed by atoms with Crippen molar-refractivity contribution >= 4 is 6.03 Å². The molecule has 0 radical (unpaired) electrons. The predicted molar refractivity (Wildman–Crippen MR) is 93.8 cm³/mol. The van der Waals surface area contributed by atoms with Crippen molar-refractivity contribution in [1.29, 1.82) is 0 Å². The molecule has 0 aliphatic heterocycles. The Morgan fingerprint density at radius 2 is 2.12 bits per heavy atom. The van der Waals surface area contributed by atoms with E-state index in [1.165, 1.54) is 11.1 Å². The molecule has 2 rings (SSSR count). The summed E-state index contributed by atoms with van der Waals surface area (Å²) in [6, 6.07) is 9.26. The van der Waals surface area contributed by atoms with Crippen LogP contribution in [-0.4, -0.2) is 34.1 Å². The van der Waals surface area contributed by atoms with Crippen molar-refractivity contribution in [1.82, 2.24) is 20.4 Å². The lowest BCUT2D eigenvalue weighted by atomic mass is 9.84. The number of carbonyl (C=O) groups is 1. The van der Waals surface area contributed by atoms with Crippen LogP contribution in [0.15, 0.2) is 36.5 Å². The van der Waals surface area contributed by atoms with Gasteiger partial charge in [-0.25, -0.2) is 4.79 Å². The molecule has 6 nitrogen and oxygen atoms in total. The lowest BCUT2D eigenvalue weighted by molar-refractivity contribution is 0.212. The SMILES string of the molecule is Cc1cccc(C(C)(C)CNC(=O)NC(CO)c2ccnn2C)c1. The molecule has 1 aromatic carbocycles. The molecule has 2 aromatic rings. The highest BCUT2D eigenvalue weighted by molar-refractivity contribution is 5.74. The number of nitrogens with zero attached hydrogens (tertiary/aromatic N) is 2. The van der Waals surface area contributed by atoms with E-state index in [-0.39, 0.29) is 18.1 Å². The molecule has 0 fully saturated rings. The monoisotopic (exact) mass is 330 g/mol. The van der Waals surface area contributed by atoms with Crippen molar-refractivity contribution in [3.05, 3.63) is 53.3 Å². The van der Waals surface area contributed by atoms with Gasteiger partial charge in [0, 0.05) is 25.2 Å². The predicted octanol–water partition coefficient (Wildman–Crippen LogP) is 2.04. The van der Waals surface area contributed by atoms with Crippen LogP contribution in [0.4, 0.5) is 4.79 Å². The molecule has 1 unspecified atom stereocenters. The van der Waals surface area contributed by atoms with Gasteiger partial charge in [-0.3, -0.25) is 4.68 Å². The molecule has 6 heteroatoms. The third kappa shape index (κ3) is 4.35. The van der Waals surface area contributed by atoms with E-state index in [0.29, 0.717) is 6.54 Å².